The number of aromatic nitrogens is 2. The molecule has 0 unspecified atom stereocenters. The molecule has 0 radical (unpaired) electrons. The first-order chi connectivity index (χ1) is 14.0. The maximum absolute atomic E-state index is 12.8. The first-order valence-corrected chi connectivity index (χ1v) is 9.88. The van der Waals surface area contributed by atoms with Crippen LogP contribution in [0, 0.1) is 20.8 Å². The topological polar surface area (TPSA) is 46.4 Å². The number of amides is 1. The van der Waals surface area contributed by atoms with Gasteiger partial charge in [0.1, 0.15) is 5.65 Å². The number of carbonyl (C=O) groups is 1. The molecule has 4 heteroatoms. The van der Waals surface area contributed by atoms with Gasteiger partial charge >= 0.3 is 0 Å². The number of aryl methyl sites for hydroxylation is 3. The van der Waals surface area contributed by atoms with E-state index in [1.54, 1.807) is 0 Å². The van der Waals surface area contributed by atoms with Crippen LogP contribution in [-0.2, 0) is 17.8 Å². The molecule has 0 aliphatic heterocycles. The van der Waals surface area contributed by atoms with Crippen LogP contribution in [-0.4, -0.2) is 15.3 Å². The molecule has 1 amide bonds. The van der Waals surface area contributed by atoms with Crippen molar-refractivity contribution in [1.82, 2.24) is 14.7 Å². The van der Waals surface area contributed by atoms with Gasteiger partial charge < -0.3 is 9.72 Å². The van der Waals surface area contributed by atoms with Gasteiger partial charge in [-0.3, -0.25) is 4.79 Å². The second-order valence-corrected chi connectivity index (χ2v) is 7.53. The summed E-state index contributed by atoms with van der Waals surface area (Å²) in [5, 5.41) is 3.04. The molecule has 0 saturated heterocycles. The van der Waals surface area contributed by atoms with E-state index in [1.165, 1.54) is 11.1 Å². The molecule has 146 valence electrons. The van der Waals surface area contributed by atoms with E-state index in [0.29, 0.717) is 6.54 Å². The monoisotopic (exact) mass is 383 g/mol. The Bertz CT molecular complexity index is 1180. The average Bonchev–Trinajstić information content (AvgIpc) is 3.09. The summed E-state index contributed by atoms with van der Waals surface area (Å²) in [4.78, 5) is 17.7. The molecule has 0 saturated carbocycles. The lowest BCUT2D eigenvalue weighted by Gasteiger charge is -2.09. The largest absolute Gasteiger partial charge is 0.352 e. The Kier molecular flexibility index (Phi) is 5.17. The number of nitrogens with zero attached hydrogens (tertiary/aromatic N) is 2. The van der Waals surface area contributed by atoms with Crippen LogP contribution in [0.4, 0.5) is 0 Å². The molecule has 4 nitrogen and oxygen atoms in total. The van der Waals surface area contributed by atoms with Gasteiger partial charge in [-0.25, -0.2) is 4.98 Å². The minimum absolute atomic E-state index is 0.0118. The first-order valence-electron chi connectivity index (χ1n) is 9.88. The normalized spacial score (nSPS) is 11.0. The molecule has 0 aliphatic rings. The van der Waals surface area contributed by atoms with Crippen LogP contribution in [0.1, 0.15) is 27.9 Å². The van der Waals surface area contributed by atoms with Gasteiger partial charge in [-0.1, -0.05) is 48.5 Å². The molecule has 2 heterocycles. The summed E-state index contributed by atoms with van der Waals surface area (Å²) in [7, 11) is 0. The van der Waals surface area contributed by atoms with Crippen LogP contribution in [0.5, 0.6) is 0 Å². The predicted octanol–water partition coefficient (Wildman–Crippen LogP) is 4.79. The average molecular weight is 383 g/mol. The lowest BCUT2D eigenvalue weighted by atomic mass is 10.0. The Balaban J connectivity index is 1.69. The lowest BCUT2D eigenvalue weighted by Crippen LogP contribution is -2.25. The third-order valence-corrected chi connectivity index (χ3v) is 5.38. The van der Waals surface area contributed by atoms with Gasteiger partial charge in [0.05, 0.1) is 17.8 Å². The van der Waals surface area contributed by atoms with Gasteiger partial charge in [0.2, 0.25) is 5.91 Å². The zero-order chi connectivity index (χ0) is 20.4. The van der Waals surface area contributed by atoms with Gasteiger partial charge in [0, 0.05) is 18.3 Å². The number of imidazole rings is 1. The van der Waals surface area contributed by atoms with Crippen molar-refractivity contribution in [2.24, 2.45) is 0 Å². The smallest absolute Gasteiger partial charge is 0.226 e. The summed E-state index contributed by atoms with van der Waals surface area (Å²) in [5.74, 6) is -0.0118. The van der Waals surface area contributed by atoms with E-state index >= 15 is 0 Å². The Labute approximate surface area is 171 Å². The Morgan fingerprint density at radius 3 is 2.48 bits per heavy atom. The van der Waals surface area contributed by atoms with Crippen LogP contribution < -0.4 is 5.32 Å². The predicted molar refractivity (Wildman–Crippen MR) is 117 cm³/mol. The fraction of sp³-hybridized carbons (Fsp3) is 0.200. The van der Waals surface area contributed by atoms with Crippen molar-refractivity contribution in [3.05, 3.63) is 94.8 Å². The van der Waals surface area contributed by atoms with Crippen molar-refractivity contribution >= 4 is 11.6 Å². The molecule has 4 aromatic rings. The highest BCUT2D eigenvalue weighted by atomic mass is 16.1. The second-order valence-electron chi connectivity index (χ2n) is 7.53. The van der Waals surface area contributed by atoms with Gasteiger partial charge in [-0.2, -0.15) is 0 Å². The van der Waals surface area contributed by atoms with Crippen LogP contribution >= 0.6 is 0 Å². The van der Waals surface area contributed by atoms with Gasteiger partial charge in [0.15, 0.2) is 0 Å². The third kappa shape index (κ3) is 3.92. The number of pyridine rings is 1. The number of fused-ring (bicyclic) bond motifs is 1. The molecular weight excluding hydrogens is 358 g/mol. The Hall–Kier alpha value is -3.40. The maximum atomic E-state index is 12.8. The summed E-state index contributed by atoms with van der Waals surface area (Å²) < 4.78 is 2.04. The third-order valence-electron chi connectivity index (χ3n) is 5.38. The number of benzene rings is 2. The maximum Gasteiger partial charge on any atom is 0.226 e. The zero-order valence-electron chi connectivity index (χ0n) is 17.1. The van der Waals surface area contributed by atoms with Crippen LogP contribution in [0.15, 0.2) is 66.9 Å². The number of carbonyl (C=O) groups excluding carboxylic acids is 1. The molecule has 29 heavy (non-hydrogen) atoms. The first kappa shape index (κ1) is 18.9. The minimum Gasteiger partial charge on any atom is -0.352 e. The standard InChI is InChI=1S/C25H25N3O/c1-17-11-12-21(14-19(17)3)24-22(28-13-7-8-18(2)25(28)27-24)15-23(29)26-16-20-9-5-4-6-10-20/h4-14H,15-16H2,1-3H3,(H,26,29). The van der Waals surface area contributed by atoms with E-state index < -0.39 is 0 Å². The molecule has 4 rings (SSSR count). The SMILES string of the molecule is Cc1ccc(-c2nc3c(C)cccn3c2CC(=O)NCc2ccccc2)cc1C. The van der Waals surface area contributed by atoms with E-state index in [4.69, 9.17) is 4.98 Å². The number of rotatable bonds is 5. The van der Waals surface area contributed by atoms with Crippen molar-refractivity contribution in [2.75, 3.05) is 0 Å². The van der Waals surface area contributed by atoms with E-state index in [-0.39, 0.29) is 12.3 Å². The summed E-state index contributed by atoms with van der Waals surface area (Å²) in [5.41, 5.74) is 8.37. The van der Waals surface area contributed by atoms with Crippen molar-refractivity contribution in [2.45, 2.75) is 33.7 Å². The quantitative estimate of drug-likeness (QED) is 0.539. The fourth-order valence-corrected chi connectivity index (χ4v) is 3.55. The van der Waals surface area contributed by atoms with E-state index in [2.05, 4.69) is 37.4 Å². The molecule has 2 aromatic heterocycles. The van der Waals surface area contributed by atoms with Crippen LogP contribution in [0.25, 0.3) is 16.9 Å². The van der Waals surface area contributed by atoms with Crippen molar-refractivity contribution < 1.29 is 4.79 Å². The van der Waals surface area contributed by atoms with Gasteiger partial charge in [-0.15, -0.1) is 0 Å². The molecule has 0 atom stereocenters. The number of nitrogens with one attached hydrogen (secondary N) is 1. The molecule has 0 spiro atoms. The molecule has 0 fully saturated rings. The Morgan fingerprint density at radius 1 is 0.931 bits per heavy atom. The Morgan fingerprint density at radius 2 is 1.72 bits per heavy atom. The van der Waals surface area contributed by atoms with Crippen LogP contribution in [0.2, 0.25) is 0 Å². The van der Waals surface area contributed by atoms with Gasteiger partial charge in [0.25, 0.3) is 0 Å². The lowest BCUT2D eigenvalue weighted by molar-refractivity contribution is -0.120. The minimum atomic E-state index is -0.0118. The van der Waals surface area contributed by atoms with E-state index in [0.717, 1.165) is 33.7 Å². The van der Waals surface area contributed by atoms with Crippen LogP contribution in [0.3, 0.4) is 0 Å². The number of hydrogen-bond donors (Lipinski definition) is 1. The molecule has 0 bridgehead atoms. The van der Waals surface area contributed by atoms with Crippen molar-refractivity contribution in [3.63, 3.8) is 0 Å². The summed E-state index contributed by atoms with van der Waals surface area (Å²) in [6.45, 7) is 6.77. The molecule has 2 aromatic carbocycles. The van der Waals surface area contributed by atoms with E-state index in [1.807, 2.05) is 60.0 Å². The van der Waals surface area contributed by atoms with E-state index in [9.17, 15) is 4.79 Å². The molecule has 0 aliphatic carbocycles. The zero-order valence-corrected chi connectivity index (χ0v) is 17.1. The fourth-order valence-electron chi connectivity index (χ4n) is 3.55. The van der Waals surface area contributed by atoms with Crippen molar-refractivity contribution in [1.29, 1.82) is 0 Å². The highest BCUT2D eigenvalue weighted by molar-refractivity contribution is 5.82. The highest BCUT2D eigenvalue weighted by Crippen LogP contribution is 2.28. The summed E-state index contributed by atoms with van der Waals surface area (Å²) in [6, 6.07) is 20.4. The molecular formula is C25H25N3O. The van der Waals surface area contributed by atoms with Crippen molar-refractivity contribution in [3.8, 4) is 11.3 Å². The highest BCUT2D eigenvalue weighted by Gasteiger charge is 2.18. The molecule has 1 N–H and O–H groups in total. The number of hydrogen-bond acceptors (Lipinski definition) is 2. The summed E-state index contributed by atoms with van der Waals surface area (Å²) >= 11 is 0. The summed E-state index contributed by atoms with van der Waals surface area (Å²) in [6.07, 6.45) is 2.26. The van der Waals surface area contributed by atoms with Gasteiger partial charge in [-0.05, 0) is 55.2 Å². The second kappa shape index (κ2) is 7.92.